The Morgan fingerprint density at radius 1 is 1.19 bits per heavy atom. The number of sulfonamides is 1. The fourth-order valence-corrected chi connectivity index (χ4v) is 3.84. The third-order valence-corrected chi connectivity index (χ3v) is 5.76. The topological polar surface area (TPSA) is 66.5 Å². The molecule has 1 amide bonds. The molecular formula is C14H19BrN2O3S. The monoisotopic (exact) mass is 374 g/mol. The summed E-state index contributed by atoms with van der Waals surface area (Å²) < 4.78 is 26.5. The number of anilines is 1. The minimum Gasteiger partial charge on any atom is -0.325 e. The number of piperidine rings is 1. The molecule has 0 saturated carbocycles. The zero-order valence-corrected chi connectivity index (χ0v) is 14.3. The third kappa shape index (κ3) is 4.05. The predicted octanol–water partition coefficient (Wildman–Crippen LogP) is 2.58. The Balaban J connectivity index is 2.12. The molecule has 1 aliphatic heterocycles. The van der Waals surface area contributed by atoms with Crippen LogP contribution in [0, 0.1) is 0 Å². The van der Waals surface area contributed by atoms with Gasteiger partial charge in [-0.3, -0.25) is 4.79 Å². The maximum absolute atomic E-state index is 12.5. The average molecular weight is 375 g/mol. The van der Waals surface area contributed by atoms with Crippen LogP contribution in [0.15, 0.2) is 29.2 Å². The molecule has 116 valence electrons. The fraction of sp³-hybridized carbons (Fsp3) is 0.500. The Morgan fingerprint density at radius 2 is 1.76 bits per heavy atom. The van der Waals surface area contributed by atoms with Gasteiger partial charge in [-0.15, -0.1) is 0 Å². The van der Waals surface area contributed by atoms with E-state index < -0.39 is 10.0 Å². The Hall–Kier alpha value is -0.920. The van der Waals surface area contributed by atoms with Crippen LogP contribution < -0.4 is 5.32 Å². The quantitative estimate of drug-likeness (QED) is 0.823. The van der Waals surface area contributed by atoms with Crippen molar-refractivity contribution in [2.24, 2.45) is 0 Å². The van der Waals surface area contributed by atoms with Gasteiger partial charge in [0.05, 0.1) is 9.72 Å². The van der Waals surface area contributed by atoms with Crippen LogP contribution in [-0.2, 0) is 14.8 Å². The number of carbonyl (C=O) groups excluding carboxylic acids is 1. The summed E-state index contributed by atoms with van der Waals surface area (Å²) in [5.74, 6) is -0.165. The number of alkyl halides is 1. The highest BCUT2D eigenvalue weighted by atomic mass is 79.9. The normalized spacial score (nSPS) is 18.2. The molecule has 5 nitrogen and oxygen atoms in total. The third-order valence-electron chi connectivity index (χ3n) is 3.44. The molecule has 1 aromatic rings. The van der Waals surface area contributed by atoms with Gasteiger partial charge < -0.3 is 5.32 Å². The molecule has 2 rings (SSSR count). The van der Waals surface area contributed by atoms with E-state index >= 15 is 0 Å². The molecule has 1 unspecified atom stereocenters. The van der Waals surface area contributed by atoms with Crippen LogP contribution in [-0.4, -0.2) is 36.5 Å². The molecule has 1 N–H and O–H groups in total. The van der Waals surface area contributed by atoms with E-state index in [1.807, 2.05) is 0 Å². The van der Waals surface area contributed by atoms with Gasteiger partial charge in [-0.2, -0.15) is 4.31 Å². The van der Waals surface area contributed by atoms with Crippen molar-refractivity contribution in [2.45, 2.75) is 35.9 Å². The van der Waals surface area contributed by atoms with Crippen molar-refractivity contribution in [3.05, 3.63) is 24.3 Å². The number of hydrogen-bond acceptors (Lipinski definition) is 3. The summed E-state index contributed by atoms with van der Waals surface area (Å²) in [6.45, 7) is 2.90. The molecule has 21 heavy (non-hydrogen) atoms. The molecule has 1 aromatic carbocycles. The van der Waals surface area contributed by atoms with Gasteiger partial charge in [-0.25, -0.2) is 8.42 Å². The zero-order valence-electron chi connectivity index (χ0n) is 11.9. The van der Waals surface area contributed by atoms with E-state index in [-0.39, 0.29) is 15.6 Å². The first kappa shape index (κ1) is 16.5. The summed E-state index contributed by atoms with van der Waals surface area (Å²) in [5.41, 5.74) is 0.587. The van der Waals surface area contributed by atoms with Crippen LogP contribution in [0.3, 0.4) is 0 Å². The number of rotatable bonds is 4. The van der Waals surface area contributed by atoms with Crippen LogP contribution in [0.1, 0.15) is 26.2 Å². The summed E-state index contributed by atoms with van der Waals surface area (Å²) in [6.07, 6.45) is 2.91. The first-order chi connectivity index (χ1) is 9.91. The second-order valence-corrected chi connectivity index (χ2v) is 8.41. The van der Waals surface area contributed by atoms with E-state index in [1.54, 1.807) is 31.2 Å². The predicted molar refractivity (Wildman–Crippen MR) is 86.1 cm³/mol. The molecule has 0 bridgehead atoms. The standard InChI is InChI=1S/C14H19BrN2O3S/c1-11(15)14(18)16-12-5-7-13(8-6-12)21(19,20)17-9-3-2-4-10-17/h5-8,11H,2-4,9-10H2,1H3,(H,16,18). The highest BCUT2D eigenvalue weighted by Crippen LogP contribution is 2.22. The fourth-order valence-electron chi connectivity index (χ4n) is 2.21. The Labute approximate surface area is 133 Å². The summed E-state index contributed by atoms with van der Waals surface area (Å²) in [5, 5.41) is 2.71. The molecule has 1 atom stereocenters. The van der Waals surface area contributed by atoms with Crippen LogP contribution in [0.25, 0.3) is 0 Å². The van der Waals surface area contributed by atoms with Gasteiger partial charge in [0.1, 0.15) is 0 Å². The van der Waals surface area contributed by atoms with Gasteiger partial charge in [0, 0.05) is 18.8 Å². The van der Waals surface area contributed by atoms with E-state index in [0.29, 0.717) is 18.8 Å². The van der Waals surface area contributed by atoms with Gasteiger partial charge in [-0.05, 0) is 44.0 Å². The largest absolute Gasteiger partial charge is 0.325 e. The van der Waals surface area contributed by atoms with E-state index in [0.717, 1.165) is 19.3 Å². The molecule has 0 aliphatic carbocycles. The molecule has 0 radical (unpaired) electrons. The van der Waals surface area contributed by atoms with Crippen molar-refractivity contribution in [1.82, 2.24) is 4.31 Å². The Kier molecular flexibility index (Phi) is 5.40. The van der Waals surface area contributed by atoms with E-state index in [4.69, 9.17) is 0 Å². The van der Waals surface area contributed by atoms with Gasteiger partial charge in [0.25, 0.3) is 0 Å². The minimum atomic E-state index is -3.41. The molecular weight excluding hydrogens is 356 g/mol. The molecule has 1 fully saturated rings. The molecule has 7 heteroatoms. The second kappa shape index (κ2) is 6.89. The van der Waals surface area contributed by atoms with E-state index in [2.05, 4.69) is 21.2 Å². The van der Waals surface area contributed by atoms with Gasteiger partial charge >= 0.3 is 0 Å². The first-order valence-corrected chi connectivity index (χ1v) is 9.32. The van der Waals surface area contributed by atoms with Crippen LogP contribution in [0.2, 0.25) is 0 Å². The molecule has 1 saturated heterocycles. The number of amides is 1. The van der Waals surface area contributed by atoms with Gasteiger partial charge in [0.2, 0.25) is 15.9 Å². The second-order valence-electron chi connectivity index (χ2n) is 5.09. The lowest BCUT2D eigenvalue weighted by Gasteiger charge is -2.25. The highest BCUT2D eigenvalue weighted by Gasteiger charge is 2.25. The van der Waals surface area contributed by atoms with E-state index in [1.165, 1.54) is 4.31 Å². The number of nitrogens with zero attached hydrogens (tertiary/aromatic N) is 1. The maximum Gasteiger partial charge on any atom is 0.243 e. The number of benzene rings is 1. The Morgan fingerprint density at radius 3 is 2.29 bits per heavy atom. The zero-order chi connectivity index (χ0) is 15.5. The molecule has 0 spiro atoms. The van der Waals surface area contributed by atoms with E-state index in [9.17, 15) is 13.2 Å². The maximum atomic E-state index is 12.5. The summed E-state index contributed by atoms with van der Waals surface area (Å²) in [4.78, 5) is 11.5. The van der Waals surface area contributed by atoms with Crippen molar-refractivity contribution >= 4 is 37.5 Å². The van der Waals surface area contributed by atoms with Gasteiger partial charge in [-0.1, -0.05) is 22.4 Å². The van der Waals surface area contributed by atoms with Crippen molar-refractivity contribution in [1.29, 1.82) is 0 Å². The smallest absolute Gasteiger partial charge is 0.243 e. The average Bonchev–Trinajstić information content (AvgIpc) is 2.48. The van der Waals surface area contributed by atoms with Crippen molar-refractivity contribution in [3.8, 4) is 0 Å². The molecule has 1 aliphatic rings. The highest BCUT2D eigenvalue weighted by molar-refractivity contribution is 9.10. The Bertz CT molecular complexity index is 593. The van der Waals surface area contributed by atoms with Crippen molar-refractivity contribution in [2.75, 3.05) is 18.4 Å². The SMILES string of the molecule is CC(Br)C(=O)Nc1ccc(S(=O)(=O)N2CCCCC2)cc1. The number of nitrogens with one attached hydrogen (secondary N) is 1. The van der Waals surface area contributed by atoms with Crippen molar-refractivity contribution < 1.29 is 13.2 Å². The first-order valence-electron chi connectivity index (χ1n) is 6.96. The number of hydrogen-bond donors (Lipinski definition) is 1. The number of halogens is 1. The van der Waals surface area contributed by atoms with Crippen LogP contribution in [0.4, 0.5) is 5.69 Å². The summed E-state index contributed by atoms with van der Waals surface area (Å²) in [7, 11) is -3.41. The van der Waals surface area contributed by atoms with Crippen LogP contribution in [0.5, 0.6) is 0 Å². The molecule has 1 heterocycles. The number of carbonyl (C=O) groups is 1. The summed E-state index contributed by atoms with van der Waals surface area (Å²) in [6, 6.07) is 6.31. The lowest BCUT2D eigenvalue weighted by atomic mass is 10.2. The lowest BCUT2D eigenvalue weighted by molar-refractivity contribution is -0.115. The lowest BCUT2D eigenvalue weighted by Crippen LogP contribution is -2.35. The molecule has 0 aromatic heterocycles. The van der Waals surface area contributed by atoms with Crippen molar-refractivity contribution in [3.63, 3.8) is 0 Å². The minimum absolute atomic E-state index is 0.165. The van der Waals surface area contributed by atoms with Gasteiger partial charge in [0.15, 0.2) is 0 Å². The summed E-state index contributed by atoms with van der Waals surface area (Å²) >= 11 is 3.18. The van der Waals surface area contributed by atoms with Crippen LogP contribution >= 0.6 is 15.9 Å².